The van der Waals surface area contributed by atoms with Crippen molar-refractivity contribution in [3.63, 3.8) is 0 Å². The van der Waals surface area contributed by atoms with E-state index in [4.69, 9.17) is 5.73 Å². The van der Waals surface area contributed by atoms with E-state index in [-0.39, 0.29) is 18.4 Å². The molecule has 1 heterocycles. The zero-order valence-corrected chi connectivity index (χ0v) is 5.13. The Bertz CT molecular complexity index is 164. The molecule has 0 aliphatic carbocycles. The molecule has 0 bridgehead atoms. The van der Waals surface area contributed by atoms with E-state index >= 15 is 0 Å². The van der Waals surface area contributed by atoms with Crippen molar-refractivity contribution in [3.05, 3.63) is 0 Å². The van der Waals surface area contributed by atoms with Crippen LogP contribution >= 0.6 is 0 Å². The first-order valence-electron chi connectivity index (χ1n) is 2.71. The molecule has 0 aromatic rings. The number of nitrogens with two attached hydrogens (primary N) is 1. The summed E-state index contributed by atoms with van der Waals surface area (Å²) in [6.07, 6.45) is 0. The molecule has 0 saturated heterocycles. The maximum atomic E-state index is 10.6. The SMILES string of the molecule is CC1=NOC(=O)C1CN. The monoisotopic (exact) mass is 128 g/mol. The highest BCUT2D eigenvalue weighted by Gasteiger charge is 2.27. The number of rotatable bonds is 1. The number of hydrogen-bond donors (Lipinski definition) is 1. The third kappa shape index (κ3) is 0.929. The average Bonchev–Trinajstić information content (AvgIpc) is 2.12. The van der Waals surface area contributed by atoms with Crippen LogP contribution in [0.1, 0.15) is 6.92 Å². The summed E-state index contributed by atoms with van der Waals surface area (Å²) in [4.78, 5) is 14.9. The lowest BCUT2D eigenvalue weighted by molar-refractivity contribution is -0.143. The van der Waals surface area contributed by atoms with E-state index in [2.05, 4.69) is 9.99 Å². The van der Waals surface area contributed by atoms with Crippen LogP contribution in [0.15, 0.2) is 5.16 Å². The molecule has 50 valence electrons. The molecule has 1 unspecified atom stereocenters. The van der Waals surface area contributed by atoms with Gasteiger partial charge in [-0.25, -0.2) is 4.79 Å². The molecule has 0 spiro atoms. The number of carbonyl (C=O) groups excluding carboxylic acids is 1. The molecule has 4 heteroatoms. The first kappa shape index (κ1) is 6.22. The van der Waals surface area contributed by atoms with Gasteiger partial charge in [0.05, 0.1) is 5.71 Å². The summed E-state index contributed by atoms with van der Waals surface area (Å²) in [7, 11) is 0. The Labute approximate surface area is 52.7 Å². The molecule has 1 aliphatic rings. The summed E-state index contributed by atoms with van der Waals surface area (Å²) in [6, 6.07) is 0. The van der Waals surface area contributed by atoms with Gasteiger partial charge in [-0.05, 0) is 6.92 Å². The molecule has 0 fully saturated rings. The molecule has 0 amide bonds. The summed E-state index contributed by atoms with van der Waals surface area (Å²) < 4.78 is 0. The maximum Gasteiger partial charge on any atom is 0.345 e. The largest absolute Gasteiger partial charge is 0.345 e. The topological polar surface area (TPSA) is 64.7 Å². The lowest BCUT2D eigenvalue weighted by Crippen LogP contribution is -2.25. The van der Waals surface area contributed by atoms with Crippen LogP contribution in [0.5, 0.6) is 0 Å². The van der Waals surface area contributed by atoms with Gasteiger partial charge in [0.25, 0.3) is 0 Å². The third-order valence-corrected chi connectivity index (χ3v) is 1.30. The fourth-order valence-corrected chi connectivity index (χ4v) is 0.682. The Hall–Kier alpha value is -0.900. The highest BCUT2D eigenvalue weighted by molar-refractivity contribution is 6.03. The van der Waals surface area contributed by atoms with Gasteiger partial charge in [-0.2, -0.15) is 0 Å². The molecule has 1 atom stereocenters. The van der Waals surface area contributed by atoms with E-state index in [0.717, 1.165) is 0 Å². The van der Waals surface area contributed by atoms with Crippen molar-refractivity contribution in [1.82, 2.24) is 0 Å². The standard InChI is InChI=1S/C5H8N2O2/c1-3-4(2-6)5(8)9-7-3/h4H,2,6H2,1H3. The van der Waals surface area contributed by atoms with Crippen LogP contribution in [0, 0.1) is 5.92 Å². The minimum Gasteiger partial charge on any atom is -0.329 e. The average molecular weight is 128 g/mol. The summed E-state index contributed by atoms with van der Waals surface area (Å²) in [5.41, 5.74) is 5.90. The van der Waals surface area contributed by atoms with Gasteiger partial charge >= 0.3 is 5.97 Å². The Morgan fingerprint density at radius 1 is 1.89 bits per heavy atom. The fraction of sp³-hybridized carbons (Fsp3) is 0.600. The van der Waals surface area contributed by atoms with Gasteiger partial charge in [0, 0.05) is 6.54 Å². The van der Waals surface area contributed by atoms with E-state index in [9.17, 15) is 4.79 Å². The van der Waals surface area contributed by atoms with Crippen molar-refractivity contribution in [3.8, 4) is 0 Å². The molecule has 0 aromatic heterocycles. The number of hydrogen-bond acceptors (Lipinski definition) is 4. The highest BCUT2D eigenvalue weighted by atomic mass is 16.7. The Morgan fingerprint density at radius 3 is 2.78 bits per heavy atom. The summed E-state index contributed by atoms with van der Waals surface area (Å²) in [5.74, 6) is -0.639. The number of oxime groups is 1. The molecular weight excluding hydrogens is 120 g/mol. The molecule has 2 N–H and O–H groups in total. The molecular formula is C5H8N2O2. The van der Waals surface area contributed by atoms with Crippen molar-refractivity contribution >= 4 is 11.7 Å². The van der Waals surface area contributed by atoms with Crippen molar-refractivity contribution < 1.29 is 9.63 Å². The minimum atomic E-state index is -0.338. The third-order valence-electron chi connectivity index (χ3n) is 1.30. The van der Waals surface area contributed by atoms with Gasteiger partial charge in [0.2, 0.25) is 0 Å². The van der Waals surface area contributed by atoms with Gasteiger partial charge in [-0.3, -0.25) is 0 Å². The predicted octanol–water partition coefficient (Wildman–Crippen LogP) is -0.506. The van der Waals surface area contributed by atoms with Gasteiger partial charge in [0.1, 0.15) is 5.92 Å². The zero-order valence-electron chi connectivity index (χ0n) is 5.13. The second kappa shape index (κ2) is 2.14. The van der Waals surface area contributed by atoms with Crippen molar-refractivity contribution in [2.24, 2.45) is 16.8 Å². The van der Waals surface area contributed by atoms with Gasteiger partial charge < -0.3 is 10.6 Å². The second-order valence-corrected chi connectivity index (χ2v) is 1.93. The first-order valence-corrected chi connectivity index (χ1v) is 2.71. The Kier molecular flexibility index (Phi) is 1.48. The van der Waals surface area contributed by atoms with E-state index in [0.29, 0.717) is 5.71 Å². The highest BCUT2D eigenvalue weighted by Crippen LogP contribution is 2.08. The summed E-state index contributed by atoms with van der Waals surface area (Å²) >= 11 is 0. The molecule has 0 saturated carbocycles. The van der Waals surface area contributed by atoms with Crippen LogP contribution in [0.25, 0.3) is 0 Å². The van der Waals surface area contributed by atoms with Crippen LogP contribution in [0.4, 0.5) is 0 Å². The van der Waals surface area contributed by atoms with E-state index in [1.165, 1.54) is 0 Å². The van der Waals surface area contributed by atoms with Crippen LogP contribution in [-0.4, -0.2) is 18.2 Å². The molecule has 0 aromatic carbocycles. The normalized spacial score (nSPS) is 25.8. The molecule has 1 rings (SSSR count). The number of nitrogens with zero attached hydrogens (tertiary/aromatic N) is 1. The van der Waals surface area contributed by atoms with Gasteiger partial charge in [0.15, 0.2) is 0 Å². The van der Waals surface area contributed by atoms with E-state index < -0.39 is 0 Å². The van der Waals surface area contributed by atoms with Gasteiger partial charge in [-0.1, -0.05) is 5.16 Å². The van der Waals surface area contributed by atoms with Crippen LogP contribution in [-0.2, 0) is 9.63 Å². The molecule has 0 radical (unpaired) electrons. The van der Waals surface area contributed by atoms with Crippen molar-refractivity contribution in [2.75, 3.05) is 6.54 Å². The van der Waals surface area contributed by atoms with Crippen LogP contribution in [0.3, 0.4) is 0 Å². The van der Waals surface area contributed by atoms with Crippen LogP contribution < -0.4 is 5.73 Å². The Balaban J connectivity index is 2.67. The van der Waals surface area contributed by atoms with Crippen molar-refractivity contribution in [1.29, 1.82) is 0 Å². The fourth-order valence-electron chi connectivity index (χ4n) is 0.682. The predicted molar refractivity (Wildman–Crippen MR) is 31.7 cm³/mol. The first-order chi connectivity index (χ1) is 4.25. The maximum absolute atomic E-state index is 10.6. The number of carbonyl (C=O) groups is 1. The van der Waals surface area contributed by atoms with E-state index in [1.807, 2.05) is 0 Å². The van der Waals surface area contributed by atoms with Crippen molar-refractivity contribution in [2.45, 2.75) is 6.92 Å². The van der Waals surface area contributed by atoms with Crippen LogP contribution in [0.2, 0.25) is 0 Å². The molecule has 1 aliphatic heterocycles. The zero-order chi connectivity index (χ0) is 6.85. The lowest BCUT2D eigenvalue weighted by atomic mass is 10.1. The summed E-state index contributed by atoms with van der Waals surface area (Å²) in [5, 5.41) is 3.46. The smallest absolute Gasteiger partial charge is 0.329 e. The summed E-state index contributed by atoms with van der Waals surface area (Å²) in [6.45, 7) is 2.01. The minimum absolute atomic E-state index is 0.286. The quantitative estimate of drug-likeness (QED) is 0.484. The lowest BCUT2D eigenvalue weighted by Gasteiger charge is -1.97. The molecule has 4 nitrogen and oxygen atoms in total. The van der Waals surface area contributed by atoms with E-state index in [1.54, 1.807) is 6.92 Å². The van der Waals surface area contributed by atoms with Gasteiger partial charge in [-0.15, -0.1) is 0 Å². The Morgan fingerprint density at radius 2 is 2.56 bits per heavy atom. The molecule has 9 heavy (non-hydrogen) atoms. The second-order valence-electron chi connectivity index (χ2n) is 1.93.